The van der Waals surface area contributed by atoms with Crippen LogP contribution in [-0.4, -0.2) is 0 Å². The fourth-order valence-electron chi connectivity index (χ4n) is 1.53. The molecule has 2 N–H and O–H groups in total. The Labute approximate surface area is 104 Å². The maximum Gasteiger partial charge on any atom is 0.131 e. The predicted molar refractivity (Wildman–Crippen MR) is 65.0 cm³/mol. The summed E-state index contributed by atoms with van der Waals surface area (Å²) in [5.41, 5.74) is 6.63. The Morgan fingerprint density at radius 2 is 1.72 bits per heavy atom. The van der Waals surface area contributed by atoms with Crippen LogP contribution in [0.4, 0.5) is 8.78 Å². The molecule has 0 bridgehead atoms. The predicted octanol–water partition coefficient (Wildman–Crippen LogP) is 3.00. The van der Waals surface area contributed by atoms with E-state index in [0.717, 1.165) is 5.56 Å². The van der Waals surface area contributed by atoms with E-state index in [0.29, 0.717) is 11.3 Å². The second kappa shape index (κ2) is 5.60. The van der Waals surface area contributed by atoms with E-state index in [9.17, 15) is 8.78 Å². The van der Waals surface area contributed by atoms with Gasteiger partial charge in [-0.15, -0.1) is 0 Å². The van der Waals surface area contributed by atoms with Crippen LogP contribution in [0, 0.1) is 11.6 Å². The highest BCUT2D eigenvalue weighted by molar-refractivity contribution is 5.29. The minimum Gasteiger partial charge on any atom is -0.489 e. The summed E-state index contributed by atoms with van der Waals surface area (Å²) in [6, 6.07) is 10.5. The lowest BCUT2D eigenvalue weighted by molar-refractivity contribution is 0.304. The third kappa shape index (κ3) is 3.05. The molecule has 0 fully saturated rings. The molecule has 4 heteroatoms. The van der Waals surface area contributed by atoms with Crippen molar-refractivity contribution in [2.45, 2.75) is 13.2 Å². The number of ether oxygens (including phenoxy) is 1. The molecule has 0 aliphatic carbocycles. The van der Waals surface area contributed by atoms with Crippen molar-refractivity contribution in [1.82, 2.24) is 0 Å². The second-order valence-corrected chi connectivity index (χ2v) is 3.87. The molecule has 0 aliphatic heterocycles. The van der Waals surface area contributed by atoms with Crippen molar-refractivity contribution in [1.29, 1.82) is 0 Å². The van der Waals surface area contributed by atoms with Crippen molar-refractivity contribution in [2.24, 2.45) is 5.73 Å². The van der Waals surface area contributed by atoms with E-state index in [1.807, 2.05) is 0 Å². The highest BCUT2D eigenvalue weighted by atomic mass is 19.1. The first-order valence-corrected chi connectivity index (χ1v) is 5.55. The summed E-state index contributed by atoms with van der Waals surface area (Å²) in [4.78, 5) is 0. The molecule has 0 aromatic heterocycles. The van der Waals surface area contributed by atoms with E-state index in [2.05, 4.69) is 0 Å². The number of nitrogens with two attached hydrogens (primary N) is 1. The van der Waals surface area contributed by atoms with Gasteiger partial charge in [0.15, 0.2) is 0 Å². The van der Waals surface area contributed by atoms with Crippen LogP contribution < -0.4 is 10.5 Å². The molecular weight excluding hydrogens is 236 g/mol. The zero-order chi connectivity index (χ0) is 13.0. The summed E-state index contributed by atoms with van der Waals surface area (Å²) in [6.45, 7) is 0.422. The zero-order valence-corrected chi connectivity index (χ0v) is 9.70. The van der Waals surface area contributed by atoms with Gasteiger partial charge in [-0.1, -0.05) is 18.2 Å². The van der Waals surface area contributed by atoms with Gasteiger partial charge in [-0.2, -0.15) is 0 Å². The Kier molecular flexibility index (Phi) is 3.89. The average Bonchev–Trinajstić information content (AvgIpc) is 2.38. The van der Waals surface area contributed by atoms with Crippen LogP contribution in [0.15, 0.2) is 42.5 Å². The van der Waals surface area contributed by atoms with E-state index >= 15 is 0 Å². The molecular formula is C14H13F2NO. The molecule has 2 aromatic rings. The maximum atomic E-state index is 13.4. The Balaban J connectivity index is 2.02. The van der Waals surface area contributed by atoms with E-state index < -0.39 is 0 Å². The van der Waals surface area contributed by atoms with Crippen molar-refractivity contribution in [3.8, 4) is 5.75 Å². The first kappa shape index (κ1) is 12.5. The van der Waals surface area contributed by atoms with E-state index in [4.69, 9.17) is 10.5 Å². The van der Waals surface area contributed by atoms with E-state index in [-0.39, 0.29) is 24.8 Å². The van der Waals surface area contributed by atoms with Crippen LogP contribution in [0.25, 0.3) is 0 Å². The highest BCUT2D eigenvalue weighted by Crippen LogP contribution is 2.17. The Morgan fingerprint density at radius 3 is 2.33 bits per heavy atom. The number of benzene rings is 2. The molecule has 0 radical (unpaired) electrons. The van der Waals surface area contributed by atoms with Gasteiger partial charge in [-0.3, -0.25) is 0 Å². The van der Waals surface area contributed by atoms with Crippen LogP contribution in [0.1, 0.15) is 11.1 Å². The van der Waals surface area contributed by atoms with Gasteiger partial charge < -0.3 is 10.5 Å². The third-order valence-electron chi connectivity index (χ3n) is 2.56. The number of hydrogen-bond acceptors (Lipinski definition) is 2. The molecule has 0 spiro atoms. The Bertz CT molecular complexity index is 526. The monoisotopic (exact) mass is 249 g/mol. The molecule has 2 aromatic carbocycles. The van der Waals surface area contributed by atoms with Crippen molar-refractivity contribution in [2.75, 3.05) is 0 Å². The van der Waals surface area contributed by atoms with E-state index in [1.165, 1.54) is 18.2 Å². The van der Waals surface area contributed by atoms with Crippen LogP contribution in [0.5, 0.6) is 5.75 Å². The van der Waals surface area contributed by atoms with Crippen LogP contribution in [0.2, 0.25) is 0 Å². The average molecular weight is 249 g/mol. The Morgan fingerprint density at radius 1 is 1.00 bits per heavy atom. The zero-order valence-electron chi connectivity index (χ0n) is 9.70. The van der Waals surface area contributed by atoms with Gasteiger partial charge in [0.05, 0.1) is 0 Å². The van der Waals surface area contributed by atoms with Gasteiger partial charge >= 0.3 is 0 Å². The van der Waals surface area contributed by atoms with Gasteiger partial charge in [0, 0.05) is 18.2 Å². The quantitative estimate of drug-likeness (QED) is 0.904. The molecule has 2 nitrogen and oxygen atoms in total. The maximum absolute atomic E-state index is 13.4. The minimum atomic E-state index is -0.380. The SMILES string of the molecule is NCc1ccc(OCc2ccc(F)cc2)cc1F. The van der Waals surface area contributed by atoms with Crippen molar-refractivity contribution in [3.05, 3.63) is 65.2 Å². The molecule has 0 saturated heterocycles. The van der Waals surface area contributed by atoms with Gasteiger partial charge in [-0.05, 0) is 23.8 Å². The first-order chi connectivity index (χ1) is 8.69. The van der Waals surface area contributed by atoms with Crippen LogP contribution in [0.3, 0.4) is 0 Å². The molecule has 0 heterocycles. The van der Waals surface area contributed by atoms with Gasteiger partial charge in [0.25, 0.3) is 0 Å². The van der Waals surface area contributed by atoms with Crippen LogP contribution in [-0.2, 0) is 13.2 Å². The third-order valence-corrected chi connectivity index (χ3v) is 2.56. The molecule has 0 unspecified atom stereocenters. The minimum absolute atomic E-state index is 0.157. The molecule has 0 amide bonds. The highest BCUT2D eigenvalue weighted by Gasteiger charge is 2.03. The lowest BCUT2D eigenvalue weighted by Crippen LogP contribution is -2.01. The number of rotatable bonds is 4. The summed E-state index contributed by atoms with van der Waals surface area (Å²) in [7, 11) is 0. The fraction of sp³-hybridized carbons (Fsp3) is 0.143. The molecule has 2 rings (SSSR count). The number of halogens is 2. The standard InChI is InChI=1S/C14H13F2NO/c15-12-4-1-10(2-5-12)9-18-13-6-3-11(8-17)14(16)7-13/h1-7H,8-9,17H2. The summed E-state index contributed by atoms with van der Waals surface area (Å²) in [6.07, 6.45) is 0. The summed E-state index contributed by atoms with van der Waals surface area (Å²) in [5, 5.41) is 0. The topological polar surface area (TPSA) is 35.2 Å². The molecule has 0 saturated carbocycles. The molecule has 18 heavy (non-hydrogen) atoms. The summed E-state index contributed by atoms with van der Waals surface area (Å²) >= 11 is 0. The van der Waals surface area contributed by atoms with Crippen molar-refractivity contribution >= 4 is 0 Å². The van der Waals surface area contributed by atoms with Crippen molar-refractivity contribution < 1.29 is 13.5 Å². The lowest BCUT2D eigenvalue weighted by Gasteiger charge is -2.07. The van der Waals surface area contributed by atoms with Crippen molar-refractivity contribution in [3.63, 3.8) is 0 Å². The molecule has 0 atom stereocenters. The fourth-order valence-corrected chi connectivity index (χ4v) is 1.53. The van der Waals surface area contributed by atoms with Gasteiger partial charge in [0.1, 0.15) is 24.0 Å². The molecule has 0 aliphatic rings. The first-order valence-electron chi connectivity index (χ1n) is 5.55. The Hall–Kier alpha value is -1.94. The second-order valence-electron chi connectivity index (χ2n) is 3.87. The molecule has 94 valence electrons. The smallest absolute Gasteiger partial charge is 0.131 e. The largest absolute Gasteiger partial charge is 0.489 e. The normalized spacial score (nSPS) is 10.4. The lowest BCUT2D eigenvalue weighted by atomic mass is 10.2. The van der Waals surface area contributed by atoms with E-state index in [1.54, 1.807) is 24.3 Å². The van der Waals surface area contributed by atoms with Gasteiger partial charge in [0.2, 0.25) is 0 Å². The van der Waals surface area contributed by atoms with Gasteiger partial charge in [-0.25, -0.2) is 8.78 Å². The summed E-state index contributed by atoms with van der Waals surface area (Å²) in [5.74, 6) is -0.250. The van der Waals surface area contributed by atoms with Crippen LogP contribution >= 0.6 is 0 Å². The summed E-state index contributed by atoms with van der Waals surface area (Å²) < 4.78 is 31.5. The number of hydrogen-bond donors (Lipinski definition) is 1.